The molecule has 5 heteroatoms. The SMILES string of the molecule is CCc1ccc(N2C(=O)C(Nc3cc(Cl)ccc3C)=C(c3ccc(C)cc3C)C2=O)cc1. The second-order valence-electron chi connectivity index (χ2n) is 8.12. The maximum absolute atomic E-state index is 13.6. The molecule has 4 nitrogen and oxygen atoms in total. The summed E-state index contributed by atoms with van der Waals surface area (Å²) in [6.45, 7) is 7.95. The zero-order valence-electron chi connectivity index (χ0n) is 18.6. The average molecular weight is 445 g/mol. The standard InChI is InChI=1S/C27H25ClN2O2/c1-5-19-8-11-21(12-9-19)30-26(31)24(22-13-6-16(2)14-18(22)4)25(27(30)32)29-23-15-20(28)10-7-17(23)3/h6-15,29H,5H2,1-4H3. The molecule has 0 fully saturated rings. The number of hydrogen-bond donors (Lipinski definition) is 1. The van der Waals surface area contributed by atoms with Gasteiger partial charge in [0, 0.05) is 10.7 Å². The predicted molar refractivity (Wildman–Crippen MR) is 131 cm³/mol. The monoisotopic (exact) mass is 444 g/mol. The van der Waals surface area contributed by atoms with Crippen molar-refractivity contribution in [3.63, 3.8) is 0 Å². The van der Waals surface area contributed by atoms with Crippen LogP contribution in [0.1, 0.15) is 34.7 Å². The molecule has 0 aliphatic carbocycles. The lowest BCUT2D eigenvalue weighted by Gasteiger charge is -2.16. The van der Waals surface area contributed by atoms with E-state index in [2.05, 4.69) is 12.2 Å². The van der Waals surface area contributed by atoms with Crippen molar-refractivity contribution in [2.24, 2.45) is 0 Å². The third-order valence-electron chi connectivity index (χ3n) is 5.80. The Morgan fingerprint density at radius 2 is 1.56 bits per heavy atom. The van der Waals surface area contributed by atoms with E-state index in [-0.39, 0.29) is 17.5 Å². The molecule has 1 aliphatic rings. The number of carbonyl (C=O) groups excluding carboxylic acids is 2. The van der Waals surface area contributed by atoms with Gasteiger partial charge in [-0.05, 0) is 73.7 Å². The highest BCUT2D eigenvalue weighted by Crippen LogP contribution is 2.36. The molecule has 0 unspecified atom stereocenters. The molecule has 0 atom stereocenters. The number of aryl methyl sites for hydroxylation is 4. The molecule has 0 radical (unpaired) electrons. The number of hydrogen-bond acceptors (Lipinski definition) is 3. The number of anilines is 2. The van der Waals surface area contributed by atoms with E-state index in [1.165, 1.54) is 4.90 Å². The van der Waals surface area contributed by atoms with E-state index in [9.17, 15) is 9.59 Å². The van der Waals surface area contributed by atoms with Crippen molar-refractivity contribution in [1.29, 1.82) is 0 Å². The average Bonchev–Trinajstić information content (AvgIpc) is 3.00. The Hall–Kier alpha value is -3.37. The van der Waals surface area contributed by atoms with Crippen molar-refractivity contribution in [2.75, 3.05) is 10.2 Å². The second kappa shape index (κ2) is 8.64. The maximum Gasteiger partial charge on any atom is 0.282 e. The topological polar surface area (TPSA) is 49.4 Å². The Kier molecular flexibility index (Phi) is 5.90. The van der Waals surface area contributed by atoms with Gasteiger partial charge in [0.15, 0.2) is 0 Å². The Labute approximate surface area is 193 Å². The van der Waals surface area contributed by atoms with Crippen molar-refractivity contribution in [2.45, 2.75) is 34.1 Å². The zero-order chi connectivity index (χ0) is 23.0. The summed E-state index contributed by atoms with van der Waals surface area (Å²) in [5.74, 6) is -0.720. The third kappa shape index (κ3) is 3.94. The third-order valence-corrected chi connectivity index (χ3v) is 6.03. The molecule has 3 aromatic rings. The van der Waals surface area contributed by atoms with Crippen molar-refractivity contribution < 1.29 is 9.59 Å². The quantitative estimate of drug-likeness (QED) is 0.475. The van der Waals surface area contributed by atoms with Crippen molar-refractivity contribution in [3.05, 3.63) is 99.2 Å². The van der Waals surface area contributed by atoms with Crippen LogP contribution in [0.25, 0.3) is 5.57 Å². The molecule has 3 aromatic carbocycles. The van der Waals surface area contributed by atoms with Gasteiger partial charge in [-0.1, -0.05) is 60.5 Å². The minimum atomic E-state index is -0.381. The number of halogens is 1. The van der Waals surface area contributed by atoms with Gasteiger partial charge in [0.2, 0.25) is 0 Å². The van der Waals surface area contributed by atoms with Crippen LogP contribution in [0.4, 0.5) is 11.4 Å². The van der Waals surface area contributed by atoms with Gasteiger partial charge in [-0.2, -0.15) is 0 Å². The Bertz CT molecular complexity index is 1260. The Balaban J connectivity index is 1.86. The van der Waals surface area contributed by atoms with Gasteiger partial charge in [0.05, 0.1) is 11.3 Å². The van der Waals surface area contributed by atoms with Crippen molar-refractivity contribution in [1.82, 2.24) is 0 Å². The fourth-order valence-corrected chi connectivity index (χ4v) is 4.14. The first-order chi connectivity index (χ1) is 15.3. The number of rotatable bonds is 5. The summed E-state index contributed by atoms with van der Waals surface area (Å²) in [6.07, 6.45) is 0.884. The molecule has 162 valence electrons. The molecule has 1 heterocycles. The van der Waals surface area contributed by atoms with Gasteiger partial charge >= 0.3 is 0 Å². The molecule has 2 amide bonds. The van der Waals surface area contributed by atoms with Gasteiger partial charge in [0.25, 0.3) is 11.8 Å². The van der Waals surface area contributed by atoms with Crippen LogP contribution in [-0.4, -0.2) is 11.8 Å². The van der Waals surface area contributed by atoms with E-state index in [1.54, 1.807) is 12.1 Å². The Morgan fingerprint density at radius 3 is 2.22 bits per heavy atom. The minimum absolute atomic E-state index is 0.256. The van der Waals surface area contributed by atoms with Crippen molar-refractivity contribution in [3.8, 4) is 0 Å². The zero-order valence-corrected chi connectivity index (χ0v) is 19.4. The number of benzene rings is 3. The van der Waals surface area contributed by atoms with E-state index in [4.69, 9.17) is 11.6 Å². The number of amides is 2. The Morgan fingerprint density at radius 1 is 0.844 bits per heavy atom. The lowest BCUT2D eigenvalue weighted by Crippen LogP contribution is -2.32. The first-order valence-electron chi connectivity index (χ1n) is 10.6. The smallest absolute Gasteiger partial charge is 0.282 e. The molecule has 0 aromatic heterocycles. The van der Waals surface area contributed by atoms with Crippen LogP contribution in [0.3, 0.4) is 0 Å². The highest BCUT2D eigenvalue weighted by Gasteiger charge is 2.40. The fourth-order valence-electron chi connectivity index (χ4n) is 3.97. The summed E-state index contributed by atoms with van der Waals surface area (Å²) < 4.78 is 0. The van der Waals surface area contributed by atoms with E-state index in [0.717, 1.165) is 34.2 Å². The molecular weight excluding hydrogens is 420 g/mol. The molecule has 0 bridgehead atoms. The van der Waals surface area contributed by atoms with Crippen LogP contribution >= 0.6 is 11.6 Å². The normalized spacial score (nSPS) is 13.8. The summed E-state index contributed by atoms with van der Waals surface area (Å²) in [7, 11) is 0. The minimum Gasteiger partial charge on any atom is -0.350 e. The van der Waals surface area contributed by atoms with Crippen LogP contribution < -0.4 is 10.2 Å². The predicted octanol–water partition coefficient (Wildman–Crippen LogP) is 6.22. The summed E-state index contributed by atoms with van der Waals surface area (Å²) in [4.78, 5) is 28.5. The molecular formula is C27H25ClN2O2. The van der Waals surface area contributed by atoms with Gasteiger partial charge in [0.1, 0.15) is 5.70 Å². The van der Waals surface area contributed by atoms with E-state index in [0.29, 0.717) is 22.0 Å². The molecule has 32 heavy (non-hydrogen) atoms. The molecule has 1 aliphatic heterocycles. The summed E-state index contributed by atoms with van der Waals surface area (Å²) in [5, 5.41) is 3.78. The first-order valence-corrected chi connectivity index (χ1v) is 11.0. The van der Waals surface area contributed by atoms with Crippen LogP contribution in [0.2, 0.25) is 5.02 Å². The van der Waals surface area contributed by atoms with Crippen LogP contribution in [0.15, 0.2) is 66.4 Å². The van der Waals surface area contributed by atoms with Gasteiger partial charge in [-0.15, -0.1) is 0 Å². The number of nitrogens with zero attached hydrogens (tertiary/aromatic N) is 1. The molecule has 0 saturated carbocycles. The largest absolute Gasteiger partial charge is 0.350 e. The summed E-state index contributed by atoms with van der Waals surface area (Å²) in [6, 6.07) is 18.8. The van der Waals surface area contributed by atoms with Gasteiger partial charge in [-0.25, -0.2) is 4.90 Å². The van der Waals surface area contributed by atoms with E-state index >= 15 is 0 Å². The van der Waals surface area contributed by atoms with Crippen LogP contribution in [0, 0.1) is 20.8 Å². The number of carbonyl (C=O) groups is 2. The van der Waals surface area contributed by atoms with Crippen molar-refractivity contribution >= 4 is 40.4 Å². The maximum atomic E-state index is 13.6. The molecule has 0 spiro atoms. The van der Waals surface area contributed by atoms with Crippen LogP contribution in [-0.2, 0) is 16.0 Å². The lowest BCUT2D eigenvalue weighted by atomic mass is 9.97. The van der Waals surface area contributed by atoms with Gasteiger partial charge < -0.3 is 5.32 Å². The number of imide groups is 1. The lowest BCUT2D eigenvalue weighted by molar-refractivity contribution is -0.120. The summed E-state index contributed by atoms with van der Waals surface area (Å²) in [5.41, 5.74) is 6.71. The highest BCUT2D eigenvalue weighted by atomic mass is 35.5. The second-order valence-corrected chi connectivity index (χ2v) is 8.55. The molecule has 4 rings (SSSR count). The first kappa shape index (κ1) is 21.8. The molecule has 0 saturated heterocycles. The number of nitrogens with one attached hydrogen (secondary N) is 1. The molecule has 1 N–H and O–H groups in total. The van der Waals surface area contributed by atoms with E-state index < -0.39 is 0 Å². The van der Waals surface area contributed by atoms with Crippen LogP contribution in [0.5, 0.6) is 0 Å². The van der Waals surface area contributed by atoms with Gasteiger partial charge in [-0.3, -0.25) is 9.59 Å². The summed E-state index contributed by atoms with van der Waals surface area (Å²) >= 11 is 6.20. The highest BCUT2D eigenvalue weighted by molar-refractivity contribution is 6.46. The van der Waals surface area contributed by atoms with E-state index in [1.807, 2.05) is 69.3 Å². The fraction of sp³-hybridized carbons (Fsp3) is 0.185.